The third-order valence-electron chi connectivity index (χ3n) is 6.14. The number of aromatic nitrogens is 2. The smallest absolute Gasteiger partial charge is 0.335 e. The van der Waals surface area contributed by atoms with Crippen LogP contribution in [0.3, 0.4) is 0 Å². The predicted molar refractivity (Wildman–Crippen MR) is 111 cm³/mol. The molecule has 0 unspecified atom stereocenters. The highest BCUT2D eigenvalue weighted by molar-refractivity contribution is 5.92. The summed E-state index contributed by atoms with van der Waals surface area (Å²) < 4.78 is 1.84. The minimum atomic E-state index is -0.980. The molecule has 1 aromatic carbocycles. The van der Waals surface area contributed by atoms with Gasteiger partial charge in [-0.2, -0.15) is 0 Å². The SMILES string of the molecule is O=C(O)c1ccc(-c2cc3n(c(=O)c2)C[C@H]2C[C@@H]3CN(C(=O)c3ccc[nH]3)C2)cc1. The quantitative estimate of drug-likeness (QED) is 0.703. The number of H-pyrrole nitrogens is 1. The van der Waals surface area contributed by atoms with E-state index in [2.05, 4.69) is 4.98 Å². The maximum Gasteiger partial charge on any atom is 0.335 e. The van der Waals surface area contributed by atoms with Crippen molar-refractivity contribution in [3.05, 3.63) is 82.0 Å². The van der Waals surface area contributed by atoms with Crippen molar-refractivity contribution in [1.82, 2.24) is 14.5 Å². The topological polar surface area (TPSA) is 95.4 Å². The van der Waals surface area contributed by atoms with Crippen molar-refractivity contribution >= 4 is 11.9 Å². The molecule has 2 atom stereocenters. The lowest BCUT2D eigenvalue weighted by Crippen LogP contribution is -2.49. The molecule has 1 saturated heterocycles. The summed E-state index contributed by atoms with van der Waals surface area (Å²) in [5, 5.41) is 9.10. The van der Waals surface area contributed by atoms with Crippen molar-refractivity contribution in [1.29, 1.82) is 0 Å². The molecule has 0 spiro atoms. The maximum absolute atomic E-state index is 12.8. The highest BCUT2D eigenvalue weighted by Crippen LogP contribution is 2.37. The molecule has 5 rings (SSSR count). The summed E-state index contributed by atoms with van der Waals surface area (Å²) in [5.74, 6) is -0.631. The minimum absolute atomic E-state index is 0.00842. The van der Waals surface area contributed by atoms with Crippen molar-refractivity contribution < 1.29 is 14.7 Å². The second kappa shape index (κ2) is 7.02. The molecule has 2 aliphatic heterocycles. The Kier molecular flexibility index (Phi) is 4.31. The van der Waals surface area contributed by atoms with Crippen LogP contribution in [0.1, 0.15) is 38.9 Å². The number of carbonyl (C=O) groups is 2. The molecular formula is C23H21N3O4. The Balaban J connectivity index is 1.48. The van der Waals surface area contributed by atoms with Crippen molar-refractivity contribution in [2.75, 3.05) is 13.1 Å². The van der Waals surface area contributed by atoms with Gasteiger partial charge in [-0.3, -0.25) is 9.59 Å². The number of nitrogens with one attached hydrogen (secondary N) is 1. The molecule has 4 heterocycles. The molecule has 1 fully saturated rings. The normalized spacial score (nSPS) is 19.9. The van der Waals surface area contributed by atoms with Crippen LogP contribution < -0.4 is 5.56 Å². The summed E-state index contributed by atoms with van der Waals surface area (Å²) in [6, 6.07) is 13.8. The predicted octanol–water partition coefficient (Wildman–Crippen LogP) is 2.80. The van der Waals surface area contributed by atoms with Crippen LogP contribution in [0.4, 0.5) is 0 Å². The zero-order valence-corrected chi connectivity index (χ0v) is 16.2. The molecule has 152 valence electrons. The van der Waals surface area contributed by atoms with Crippen LogP contribution >= 0.6 is 0 Å². The van der Waals surface area contributed by atoms with Crippen LogP contribution in [0.2, 0.25) is 0 Å². The first-order valence-corrected chi connectivity index (χ1v) is 10.0. The zero-order chi connectivity index (χ0) is 20.8. The number of fused-ring (bicyclic) bond motifs is 4. The largest absolute Gasteiger partial charge is 0.478 e. The van der Waals surface area contributed by atoms with Gasteiger partial charge < -0.3 is 19.6 Å². The van der Waals surface area contributed by atoms with Gasteiger partial charge in [0.05, 0.1) is 5.56 Å². The lowest BCUT2D eigenvalue weighted by Gasteiger charge is -2.42. The van der Waals surface area contributed by atoms with Gasteiger partial charge in [0.2, 0.25) is 0 Å². The number of carboxylic acid groups (broad SMARTS) is 1. The Morgan fingerprint density at radius 3 is 2.50 bits per heavy atom. The molecule has 0 saturated carbocycles. The van der Waals surface area contributed by atoms with E-state index in [0.29, 0.717) is 25.3 Å². The molecule has 7 heteroatoms. The monoisotopic (exact) mass is 403 g/mol. The van der Waals surface area contributed by atoms with Gasteiger partial charge in [0.15, 0.2) is 0 Å². The average Bonchev–Trinajstić information content (AvgIpc) is 3.28. The highest BCUT2D eigenvalue weighted by Gasteiger charge is 2.37. The molecule has 0 aliphatic carbocycles. The number of hydrogen-bond acceptors (Lipinski definition) is 3. The minimum Gasteiger partial charge on any atom is -0.478 e. The fourth-order valence-electron chi connectivity index (χ4n) is 4.73. The molecule has 2 N–H and O–H groups in total. The van der Waals surface area contributed by atoms with Gasteiger partial charge in [-0.15, -0.1) is 0 Å². The Labute approximate surface area is 172 Å². The first kappa shape index (κ1) is 18.4. The van der Waals surface area contributed by atoms with Gasteiger partial charge in [-0.05, 0) is 53.8 Å². The molecule has 30 heavy (non-hydrogen) atoms. The second-order valence-corrected chi connectivity index (χ2v) is 8.09. The average molecular weight is 403 g/mol. The third-order valence-corrected chi connectivity index (χ3v) is 6.14. The molecular weight excluding hydrogens is 382 g/mol. The van der Waals surface area contributed by atoms with E-state index in [-0.39, 0.29) is 28.9 Å². The molecule has 3 aromatic rings. The Morgan fingerprint density at radius 2 is 1.80 bits per heavy atom. The van der Waals surface area contributed by atoms with Crippen LogP contribution in [0.5, 0.6) is 0 Å². The molecule has 0 radical (unpaired) electrons. The number of piperidine rings is 1. The van der Waals surface area contributed by atoms with Gasteiger partial charge in [-0.1, -0.05) is 12.1 Å². The Bertz CT molecular complexity index is 1180. The first-order valence-electron chi connectivity index (χ1n) is 10.0. The summed E-state index contributed by atoms with van der Waals surface area (Å²) in [6.45, 7) is 1.84. The van der Waals surface area contributed by atoms with Gasteiger partial charge in [-0.25, -0.2) is 4.79 Å². The fraction of sp³-hybridized carbons (Fsp3) is 0.261. The second-order valence-electron chi connectivity index (χ2n) is 8.09. The summed E-state index contributed by atoms with van der Waals surface area (Å²) in [7, 11) is 0. The van der Waals surface area contributed by atoms with Crippen LogP contribution in [0.15, 0.2) is 59.5 Å². The number of nitrogens with zero attached hydrogens (tertiary/aromatic N) is 2. The lowest BCUT2D eigenvalue weighted by atomic mass is 9.82. The van der Waals surface area contributed by atoms with Crippen molar-refractivity contribution in [2.45, 2.75) is 18.9 Å². The molecule has 1 amide bonds. The van der Waals surface area contributed by atoms with Crippen LogP contribution in [0.25, 0.3) is 11.1 Å². The van der Waals surface area contributed by atoms with E-state index in [4.69, 9.17) is 5.11 Å². The summed E-state index contributed by atoms with van der Waals surface area (Å²) in [4.78, 5) is 41.6. The number of amides is 1. The van der Waals surface area contributed by atoms with Gasteiger partial charge in [0, 0.05) is 43.5 Å². The fourth-order valence-corrected chi connectivity index (χ4v) is 4.73. The van der Waals surface area contributed by atoms with Gasteiger partial charge in [0.25, 0.3) is 11.5 Å². The standard InChI is InChI=1S/C23H21N3O4/c27-21-10-17(15-3-5-16(6-4-15)23(29)30)9-20-18-8-14(12-26(20)21)11-25(13-18)22(28)19-2-1-7-24-19/h1-7,9-10,14,18,24H,8,11-13H2,(H,29,30)/t14-,18+/m0/s1. The maximum atomic E-state index is 12.8. The highest BCUT2D eigenvalue weighted by atomic mass is 16.4. The third kappa shape index (κ3) is 3.12. The number of hydrogen-bond donors (Lipinski definition) is 2. The van der Waals surface area contributed by atoms with E-state index in [0.717, 1.165) is 23.2 Å². The Morgan fingerprint density at radius 1 is 1.00 bits per heavy atom. The molecule has 7 nitrogen and oxygen atoms in total. The van der Waals surface area contributed by atoms with E-state index in [1.54, 1.807) is 42.6 Å². The number of likely N-dealkylation sites (tertiary alicyclic amines) is 1. The van der Waals surface area contributed by atoms with E-state index < -0.39 is 5.97 Å². The molecule has 2 aromatic heterocycles. The number of carboxylic acids is 1. The van der Waals surface area contributed by atoms with Crippen LogP contribution in [-0.4, -0.2) is 44.5 Å². The summed E-state index contributed by atoms with van der Waals surface area (Å²) in [6.07, 6.45) is 2.70. The number of pyridine rings is 1. The van der Waals surface area contributed by atoms with Crippen molar-refractivity contribution in [3.8, 4) is 11.1 Å². The number of aromatic amines is 1. The number of aromatic carboxylic acids is 1. The Hall–Kier alpha value is -3.61. The molecule has 2 aliphatic rings. The van der Waals surface area contributed by atoms with E-state index in [1.165, 1.54) is 0 Å². The number of carbonyl (C=O) groups excluding carboxylic acids is 1. The summed E-state index contributed by atoms with van der Waals surface area (Å²) in [5.41, 5.74) is 3.26. The number of rotatable bonds is 3. The van der Waals surface area contributed by atoms with Gasteiger partial charge in [0.1, 0.15) is 5.69 Å². The van der Waals surface area contributed by atoms with E-state index in [1.807, 2.05) is 21.6 Å². The summed E-state index contributed by atoms with van der Waals surface area (Å²) >= 11 is 0. The lowest BCUT2D eigenvalue weighted by molar-refractivity contribution is 0.0589. The number of benzene rings is 1. The zero-order valence-electron chi connectivity index (χ0n) is 16.2. The van der Waals surface area contributed by atoms with Crippen molar-refractivity contribution in [2.24, 2.45) is 5.92 Å². The van der Waals surface area contributed by atoms with Crippen molar-refractivity contribution in [3.63, 3.8) is 0 Å². The van der Waals surface area contributed by atoms with Gasteiger partial charge >= 0.3 is 5.97 Å². The van der Waals surface area contributed by atoms with Crippen LogP contribution in [-0.2, 0) is 6.54 Å². The van der Waals surface area contributed by atoms with Crippen LogP contribution in [0, 0.1) is 5.92 Å². The van der Waals surface area contributed by atoms with E-state index >= 15 is 0 Å². The first-order chi connectivity index (χ1) is 14.5. The molecule has 2 bridgehead atoms. The van der Waals surface area contributed by atoms with E-state index in [9.17, 15) is 14.4 Å².